The molecule has 0 aromatic heterocycles. The molecule has 0 N–H and O–H groups in total. The van der Waals surface area contributed by atoms with Crippen molar-refractivity contribution in [1.82, 2.24) is 4.90 Å². The van der Waals surface area contributed by atoms with Gasteiger partial charge >= 0.3 is 18.1 Å². The quantitative estimate of drug-likeness (QED) is 0.533. The van der Waals surface area contributed by atoms with Crippen LogP contribution in [0.15, 0.2) is 0 Å². The van der Waals surface area contributed by atoms with E-state index in [0.717, 1.165) is 7.05 Å². The molecule has 0 rings (SSSR count). The zero-order valence-corrected chi connectivity index (χ0v) is 8.43. The van der Waals surface area contributed by atoms with Crippen molar-refractivity contribution >= 4 is 11.9 Å². The summed E-state index contributed by atoms with van der Waals surface area (Å²) < 4.78 is 39.7. The summed E-state index contributed by atoms with van der Waals surface area (Å²) in [5.74, 6) is -2.21. The number of ether oxygens (including phenoxy) is 1. The minimum Gasteiger partial charge on any atom is -0.459 e. The highest BCUT2D eigenvalue weighted by atomic mass is 19.4. The van der Waals surface area contributed by atoms with Gasteiger partial charge in [-0.3, -0.25) is 4.79 Å². The third-order valence-corrected chi connectivity index (χ3v) is 1.53. The van der Waals surface area contributed by atoms with Gasteiger partial charge in [-0.2, -0.15) is 13.2 Å². The number of alkyl halides is 3. The summed E-state index contributed by atoms with van der Waals surface area (Å²) in [6, 6.07) is 0. The van der Waals surface area contributed by atoms with Crippen LogP contribution in [0.3, 0.4) is 0 Å². The highest BCUT2D eigenvalue weighted by Crippen LogP contribution is 2.19. The standard InChI is InChI=1S/C8H12F3NO3/c1-3-15-7(14)6(13)12(2)5-4-8(9,10)11/h3-5H2,1-2H3. The van der Waals surface area contributed by atoms with E-state index in [2.05, 4.69) is 4.74 Å². The SMILES string of the molecule is CCOC(=O)C(=O)N(C)CCC(F)(F)F. The molecule has 0 aliphatic rings. The predicted molar refractivity (Wildman–Crippen MR) is 44.9 cm³/mol. The van der Waals surface area contributed by atoms with Gasteiger partial charge in [0.2, 0.25) is 0 Å². The zero-order valence-electron chi connectivity index (χ0n) is 8.43. The number of rotatable bonds is 3. The third kappa shape index (κ3) is 5.92. The molecular formula is C8H12F3NO3. The van der Waals surface area contributed by atoms with Crippen molar-refractivity contribution in [2.24, 2.45) is 0 Å². The van der Waals surface area contributed by atoms with E-state index in [9.17, 15) is 22.8 Å². The number of carbonyl (C=O) groups is 2. The van der Waals surface area contributed by atoms with Crippen LogP contribution in [0, 0.1) is 0 Å². The Bertz CT molecular complexity index is 240. The number of amides is 1. The van der Waals surface area contributed by atoms with Gasteiger partial charge in [0, 0.05) is 13.6 Å². The topological polar surface area (TPSA) is 46.6 Å². The summed E-state index contributed by atoms with van der Waals surface area (Å²) in [5.41, 5.74) is 0. The lowest BCUT2D eigenvalue weighted by Crippen LogP contribution is -2.36. The molecule has 0 radical (unpaired) electrons. The van der Waals surface area contributed by atoms with E-state index in [1.807, 2.05) is 0 Å². The zero-order chi connectivity index (χ0) is 12.1. The minimum atomic E-state index is -4.34. The van der Waals surface area contributed by atoms with E-state index < -0.39 is 31.0 Å². The minimum absolute atomic E-state index is 0.0116. The molecule has 0 aromatic rings. The molecule has 0 heterocycles. The molecule has 0 saturated carbocycles. The molecule has 15 heavy (non-hydrogen) atoms. The van der Waals surface area contributed by atoms with Gasteiger partial charge < -0.3 is 9.64 Å². The van der Waals surface area contributed by atoms with Crippen molar-refractivity contribution in [3.05, 3.63) is 0 Å². The molecular weight excluding hydrogens is 215 g/mol. The second kappa shape index (κ2) is 5.57. The number of hydrogen-bond donors (Lipinski definition) is 0. The highest BCUT2D eigenvalue weighted by molar-refractivity contribution is 6.32. The van der Waals surface area contributed by atoms with Crippen molar-refractivity contribution < 1.29 is 27.5 Å². The molecule has 7 heteroatoms. The lowest BCUT2D eigenvalue weighted by molar-refractivity contribution is -0.162. The van der Waals surface area contributed by atoms with Gasteiger partial charge in [-0.25, -0.2) is 4.79 Å². The van der Waals surface area contributed by atoms with Gasteiger partial charge in [0.05, 0.1) is 13.0 Å². The Balaban J connectivity index is 4.05. The summed E-state index contributed by atoms with van der Waals surface area (Å²) in [6.07, 6.45) is -5.49. The molecule has 88 valence electrons. The summed E-state index contributed by atoms with van der Waals surface area (Å²) in [7, 11) is 1.12. The van der Waals surface area contributed by atoms with Gasteiger partial charge in [-0.1, -0.05) is 0 Å². The van der Waals surface area contributed by atoms with Crippen molar-refractivity contribution in [3.63, 3.8) is 0 Å². The Labute approximate surface area is 85.0 Å². The van der Waals surface area contributed by atoms with Gasteiger partial charge in [0.15, 0.2) is 0 Å². The van der Waals surface area contributed by atoms with E-state index in [4.69, 9.17) is 0 Å². The van der Waals surface area contributed by atoms with Crippen LogP contribution in [0.4, 0.5) is 13.2 Å². The molecule has 0 aliphatic heterocycles. The van der Waals surface area contributed by atoms with Crippen LogP contribution in [0.2, 0.25) is 0 Å². The summed E-state index contributed by atoms with van der Waals surface area (Å²) in [6.45, 7) is 0.958. The highest BCUT2D eigenvalue weighted by Gasteiger charge is 2.29. The first kappa shape index (κ1) is 13.7. The van der Waals surface area contributed by atoms with Gasteiger partial charge in [-0.15, -0.1) is 0 Å². The second-order valence-electron chi connectivity index (χ2n) is 2.81. The number of halogens is 3. The number of carbonyl (C=O) groups excluding carboxylic acids is 2. The molecule has 0 spiro atoms. The van der Waals surface area contributed by atoms with E-state index in [-0.39, 0.29) is 6.61 Å². The molecule has 0 saturated heterocycles. The first-order chi connectivity index (χ1) is 6.78. The van der Waals surface area contributed by atoms with Gasteiger partial charge in [0.1, 0.15) is 0 Å². The van der Waals surface area contributed by atoms with Gasteiger partial charge in [-0.05, 0) is 6.92 Å². The fourth-order valence-electron chi connectivity index (χ4n) is 0.745. The largest absolute Gasteiger partial charge is 0.459 e. The Hall–Kier alpha value is -1.27. The molecule has 0 atom stereocenters. The lowest BCUT2D eigenvalue weighted by atomic mass is 10.4. The Morgan fingerprint density at radius 2 is 1.87 bits per heavy atom. The first-order valence-corrected chi connectivity index (χ1v) is 4.27. The maximum Gasteiger partial charge on any atom is 0.396 e. The molecule has 0 fully saturated rings. The average Bonchev–Trinajstić information content (AvgIpc) is 2.12. The molecule has 0 aliphatic carbocycles. The van der Waals surface area contributed by atoms with Crippen LogP contribution >= 0.6 is 0 Å². The second-order valence-corrected chi connectivity index (χ2v) is 2.81. The van der Waals surface area contributed by atoms with E-state index in [0.29, 0.717) is 4.90 Å². The average molecular weight is 227 g/mol. The molecule has 1 amide bonds. The number of likely N-dealkylation sites (N-methyl/N-ethyl adjacent to an activating group) is 1. The monoisotopic (exact) mass is 227 g/mol. The fraction of sp³-hybridized carbons (Fsp3) is 0.750. The number of hydrogen-bond acceptors (Lipinski definition) is 3. The Kier molecular flexibility index (Phi) is 5.10. The first-order valence-electron chi connectivity index (χ1n) is 4.27. The van der Waals surface area contributed by atoms with Crippen LogP contribution in [0.25, 0.3) is 0 Å². The lowest BCUT2D eigenvalue weighted by Gasteiger charge is -2.16. The van der Waals surface area contributed by atoms with Crippen LogP contribution in [-0.4, -0.2) is 43.2 Å². The van der Waals surface area contributed by atoms with Crippen molar-refractivity contribution in [2.45, 2.75) is 19.5 Å². The maximum atomic E-state index is 11.8. The van der Waals surface area contributed by atoms with Gasteiger partial charge in [0.25, 0.3) is 0 Å². The number of nitrogens with zero attached hydrogens (tertiary/aromatic N) is 1. The van der Waals surface area contributed by atoms with Crippen LogP contribution in [0.1, 0.15) is 13.3 Å². The Morgan fingerprint density at radius 3 is 2.27 bits per heavy atom. The van der Waals surface area contributed by atoms with Crippen molar-refractivity contribution in [1.29, 1.82) is 0 Å². The molecule has 0 bridgehead atoms. The van der Waals surface area contributed by atoms with E-state index >= 15 is 0 Å². The normalized spacial score (nSPS) is 11.0. The van der Waals surface area contributed by atoms with E-state index in [1.165, 1.54) is 6.92 Å². The molecule has 0 unspecified atom stereocenters. The fourth-order valence-corrected chi connectivity index (χ4v) is 0.745. The molecule has 0 aromatic carbocycles. The van der Waals surface area contributed by atoms with E-state index in [1.54, 1.807) is 0 Å². The summed E-state index contributed by atoms with van der Waals surface area (Å²) >= 11 is 0. The van der Waals surface area contributed by atoms with Crippen LogP contribution in [-0.2, 0) is 14.3 Å². The van der Waals surface area contributed by atoms with Crippen LogP contribution in [0.5, 0.6) is 0 Å². The third-order valence-electron chi connectivity index (χ3n) is 1.53. The van der Waals surface area contributed by atoms with Crippen molar-refractivity contribution in [2.75, 3.05) is 20.2 Å². The summed E-state index contributed by atoms with van der Waals surface area (Å²) in [5, 5.41) is 0. The molecule has 4 nitrogen and oxygen atoms in total. The summed E-state index contributed by atoms with van der Waals surface area (Å²) in [4.78, 5) is 22.5. The predicted octanol–water partition coefficient (Wildman–Crippen LogP) is 0.960. The number of esters is 1. The van der Waals surface area contributed by atoms with Crippen LogP contribution < -0.4 is 0 Å². The smallest absolute Gasteiger partial charge is 0.396 e. The van der Waals surface area contributed by atoms with Crippen molar-refractivity contribution in [3.8, 4) is 0 Å². The Morgan fingerprint density at radius 1 is 1.33 bits per heavy atom. The maximum absolute atomic E-state index is 11.8.